The van der Waals surface area contributed by atoms with E-state index in [0.29, 0.717) is 4.47 Å². The van der Waals surface area contributed by atoms with Crippen molar-refractivity contribution in [1.82, 2.24) is 9.97 Å². The summed E-state index contributed by atoms with van der Waals surface area (Å²) >= 11 is 8.88. The van der Waals surface area contributed by atoms with Crippen LogP contribution in [-0.2, 0) is 0 Å². The number of aromatic nitrogens is 2. The molecule has 6 nitrogen and oxygen atoms in total. The second kappa shape index (κ2) is 5.28. The van der Waals surface area contributed by atoms with Gasteiger partial charge in [0, 0.05) is 17.3 Å². The number of nitro groups is 1. The summed E-state index contributed by atoms with van der Waals surface area (Å²) < 4.78 is 5.85. The molecule has 92 valence electrons. The van der Waals surface area contributed by atoms with Crippen molar-refractivity contribution < 1.29 is 9.66 Å². The Balaban J connectivity index is 2.41. The van der Waals surface area contributed by atoms with Crippen LogP contribution in [0.1, 0.15) is 0 Å². The first-order chi connectivity index (χ1) is 8.58. The van der Waals surface area contributed by atoms with Crippen molar-refractivity contribution in [2.24, 2.45) is 0 Å². The third kappa shape index (κ3) is 2.74. The van der Waals surface area contributed by atoms with Crippen LogP contribution in [-0.4, -0.2) is 14.9 Å². The molecule has 0 aliphatic carbocycles. The Bertz CT molecular complexity index is 609. The van der Waals surface area contributed by atoms with Crippen molar-refractivity contribution in [2.75, 3.05) is 0 Å². The van der Waals surface area contributed by atoms with Crippen LogP contribution in [0.25, 0.3) is 0 Å². The van der Waals surface area contributed by atoms with Gasteiger partial charge in [0.2, 0.25) is 11.6 Å². The number of benzene rings is 1. The average Bonchev–Trinajstić information content (AvgIpc) is 2.34. The maximum absolute atomic E-state index is 10.9. The zero-order valence-corrected chi connectivity index (χ0v) is 11.1. The second-order valence-corrected chi connectivity index (χ2v) is 4.44. The van der Waals surface area contributed by atoms with E-state index in [1.165, 1.54) is 30.7 Å². The lowest BCUT2D eigenvalue weighted by atomic mass is 10.3. The van der Waals surface area contributed by atoms with E-state index in [-0.39, 0.29) is 22.3 Å². The van der Waals surface area contributed by atoms with E-state index in [0.717, 1.165) is 0 Å². The summed E-state index contributed by atoms with van der Waals surface area (Å²) in [5.41, 5.74) is -0.229. The Labute approximate surface area is 115 Å². The van der Waals surface area contributed by atoms with E-state index in [1.54, 1.807) is 0 Å². The van der Waals surface area contributed by atoms with Crippen LogP contribution in [0.3, 0.4) is 0 Å². The monoisotopic (exact) mass is 329 g/mol. The maximum atomic E-state index is 10.9. The minimum Gasteiger partial charge on any atom is -0.431 e. The van der Waals surface area contributed by atoms with E-state index in [9.17, 15) is 10.1 Å². The average molecular weight is 331 g/mol. The van der Waals surface area contributed by atoms with Crippen LogP contribution < -0.4 is 4.74 Å². The Hall–Kier alpha value is -1.73. The van der Waals surface area contributed by atoms with Crippen LogP contribution in [0.2, 0.25) is 5.02 Å². The van der Waals surface area contributed by atoms with E-state index >= 15 is 0 Å². The van der Waals surface area contributed by atoms with E-state index in [1.807, 2.05) is 0 Å². The number of hydrogen-bond acceptors (Lipinski definition) is 5. The predicted octanol–water partition coefficient (Wildman–Crippen LogP) is 3.59. The molecule has 0 aliphatic heterocycles. The highest BCUT2D eigenvalue weighted by molar-refractivity contribution is 9.10. The standard InChI is InChI=1S/C10H5BrClN3O3/c11-7-4-13-5-14-10(7)18-9-2-1-6(12)3-8(9)15(16)17/h1-5H. The molecule has 0 spiro atoms. The van der Waals surface area contributed by atoms with Crippen LogP contribution in [0.15, 0.2) is 35.2 Å². The van der Waals surface area contributed by atoms with Crippen molar-refractivity contribution in [2.45, 2.75) is 0 Å². The summed E-state index contributed by atoms with van der Waals surface area (Å²) in [5.74, 6) is 0.249. The van der Waals surface area contributed by atoms with Gasteiger partial charge in [0.05, 0.1) is 9.40 Å². The lowest BCUT2D eigenvalue weighted by molar-refractivity contribution is -0.385. The van der Waals surface area contributed by atoms with Gasteiger partial charge in [-0.05, 0) is 28.1 Å². The molecular weight excluding hydrogens is 325 g/mol. The summed E-state index contributed by atoms with van der Waals surface area (Å²) in [6.45, 7) is 0. The fourth-order valence-corrected chi connectivity index (χ4v) is 1.67. The Morgan fingerprint density at radius 1 is 1.44 bits per heavy atom. The number of halogens is 2. The molecule has 0 aliphatic rings. The van der Waals surface area contributed by atoms with Gasteiger partial charge in [-0.3, -0.25) is 10.1 Å². The molecule has 0 amide bonds. The molecule has 1 aromatic heterocycles. The van der Waals surface area contributed by atoms with Gasteiger partial charge in [0.15, 0.2) is 0 Å². The molecule has 0 fully saturated rings. The Kier molecular flexibility index (Phi) is 3.73. The molecule has 1 aromatic carbocycles. The van der Waals surface area contributed by atoms with E-state index in [2.05, 4.69) is 25.9 Å². The van der Waals surface area contributed by atoms with Crippen LogP contribution in [0.5, 0.6) is 11.6 Å². The Morgan fingerprint density at radius 2 is 2.22 bits per heavy atom. The number of nitrogens with zero attached hydrogens (tertiary/aromatic N) is 3. The fourth-order valence-electron chi connectivity index (χ4n) is 1.20. The highest BCUT2D eigenvalue weighted by Crippen LogP contribution is 2.34. The Morgan fingerprint density at radius 3 is 2.89 bits per heavy atom. The van der Waals surface area contributed by atoms with Crippen molar-refractivity contribution in [3.8, 4) is 11.6 Å². The highest BCUT2D eigenvalue weighted by Gasteiger charge is 2.17. The predicted molar refractivity (Wildman–Crippen MR) is 67.9 cm³/mol. The molecule has 2 rings (SSSR count). The van der Waals surface area contributed by atoms with Crippen molar-refractivity contribution in [1.29, 1.82) is 0 Å². The molecule has 1 heterocycles. The van der Waals surface area contributed by atoms with Crippen LogP contribution in [0.4, 0.5) is 5.69 Å². The first kappa shape index (κ1) is 12.7. The molecule has 18 heavy (non-hydrogen) atoms. The van der Waals surface area contributed by atoms with Gasteiger partial charge in [0.1, 0.15) is 6.33 Å². The molecule has 0 saturated heterocycles. The smallest absolute Gasteiger partial charge is 0.313 e. The molecule has 0 saturated carbocycles. The van der Waals surface area contributed by atoms with Crippen molar-refractivity contribution in [3.63, 3.8) is 0 Å². The minimum absolute atomic E-state index is 0.0591. The second-order valence-electron chi connectivity index (χ2n) is 3.15. The zero-order valence-electron chi connectivity index (χ0n) is 8.71. The highest BCUT2D eigenvalue weighted by atomic mass is 79.9. The largest absolute Gasteiger partial charge is 0.431 e. The van der Waals surface area contributed by atoms with E-state index < -0.39 is 4.92 Å². The summed E-state index contributed by atoms with van der Waals surface area (Å²) in [4.78, 5) is 17.9. The first-order valence-electron chi connectivity index (χ1n) is 4.65. The molecule has 0 bridgehead atoms. The van der Waals surface area contributed by atoms with Gasteiger partial charge < -0.3 is 4.74 Å². The third-order valence-electron chi connectivity index (χ3n) is 1.96. The summed E-state index contributed by atoms with van der Waals surface area (Å²) in [6.07, 6.45) is 2.76. The quantitative estimate of drug-likeness (QED) is 0.635. The number of ether oxygens (including phenoxy) is 1. The normalized spacial score (nSPS) is 10.1. The summed E-state index contributed by atoms with van der Waals surface area (Å²) in [7, 11) is 0. The molecule has 0 radical (unpaired) electrons. The molecule has 2 aromatic rings. The van der Waals surface area contributed by atoms with Crippen LogP contribution in [0, 0.1) is 10.1 Å². The lowest BCUT2D eigenvalue weighted by Gasteiger charge is -2.06. The SMILES string of the molecule is O=[N+]([O-])c1cc(Cl)ccc1Oc1ncncc1Br. The van der Waals surface area contributed by atoms with Gasteiger partial charge in [-0.1, -0.05) is 11.6 Å². The van der Waals surface area contributed by atoms with Crippen LogP contribution >= 0.6 is 27.5 Å². The summed E-state index contributed by atoms with van der Waals surface area (Å²) in [6, 6.07) is 4.12. The van der Waals surface area contributed by atoms with E-state index in [4.69, 9.17) is 16.3 Å². The van der Waals surface area contributed by atoms with Gasteiger partial charge in [-0.15, -0.1) is 0 Å². The van der Waals surface area contributed by atoms with Crippen molar-refractivity contribution in [3.05, 3.63) is 50.3 Å². The van der Waals surface area contributed by atoms with Gasteiger partial charge in [-0.25, -0.2) is 9.97 Å². The molecule has 0 N–H and O–H groups in total. The molecule has 0 unspecified atom stereocenters. The first-order valence-corrected chi connectivity index (χ1v) is 5.82. The molecule has 0 atom stereocenters. The number of rotatable bonds is 3. The number of hydrogen-bond donors (Lipinski definition) is 0. The topological polar surface area (TPSA) is 78.2 Å². The van der Waals surface area contributed by atoms with Gasteiger partial charge in [0.25, 0.3) is 0 Å². The zero-order chi connectivity index (χ0) is 13.1. The lowest BCUT2D eigenvalue weighted by Crippen LogP contribution is -1.95. The summed E-state index contributed by atoms with van der Waals surface area (Å²) in [5, 5.41) is 11.1. The van der Waals surface area contributed by atoms with Crippen molar-refractivity contribution >= 4 is 33.2 Å². The van der Waals surface area contributed by atoms with Gasteiger partial charge in [-0.2, -0.15) is 0 Å². The molecule has 8 heteroatoms. The molecular formula is C10H5BrClN3O3. The van der Waals surface area contributed by atoms with Gasteiger partial charge >= 0.3 is 5.69 Å². The third-order valence-corrected chi connectivity index (χ3v) is 2.74. The number of nitro benzene ring substituents is 1. The minimum atomic E-state index is -0.573. The fraction of sp³-hybridized carbons (Fsp3) is 0. The maximum Gasteiger partial charge on any atom is 0.313 e.